The second-order valence-corrected chi connectivity index (χ2v) is 3.93. The van der Waals surface area contributed by atoms with Crippen molar-refractivity contribution >= 4 is 17.5 Å². The van der Waals surface area contributed by atoms with E-state index in [2.05, 4.69) is 5.32 Å². The van der Waals surface area contributed by atoms with Crippen molar-refractivity contribution in [1.29, 1.82) is 0 Å². The van der Waals surface area contributed by atoms with Crippen LogP contribution in [-0.2, 0) is 4.79 Å². The first-order valence-electron chi connectivity index (χ1n) is 5.48. The minimum Gasteiger partial charge on any atom is -0.490 e. The first-order valence-corrected chi connectivity index (χ1v) is 5.86. The van der Waals surface area contributed by atoms with Gasteiger partial charge in [-0.15, -0.1) is 0 Å². The van der Waals surface area contributed by atoms with Crippen LogP contribution in [0.15, 0.2) is 18.2 Å². The van der Waals surface area contributed by atoms with E-state index in [1.54, 1.807) is 0 Å². The third-order valence-corrected chi connectivity index (χ3v) is 2.35. The molecular weight excluding hydrogens is 245 g/mol. The first-order chi connectivity index (χ1) is 8.13. The van der Waals surface area contributed by atoms with E-state index < -0.39 is 5.82 Å². The van der Waals surface area contributed by atoms with Crippen LogP contribution in [0.4, 0.5) is 4.39 Å². The highest BCUT2D eigenvalue weighted by molar-refractivity contribution is 6.32. The van der Waals surface area contributed by atoms with Crippen molar-refractivity contribution in [3.8, 4) is 5.75 Å². The van der Waals surface area contributed by atoms with E-state index in [0.717, 1.165) is 6.42 Å². The minimum atomic E-state index is -0.404. The SMILES string of the molecule is CCCC(=O)NCCOc1ccc(F)cc1Cl. The van der Waals surface area contributed by atoms with Gasteiger partial charge in [0.15, 0.2) is 0 Å². The van der Waals surface area contributed by atoms with Crippen LogP contribution in [0.5, 0.6) is 5.75 Å². The van der Waals surface area contributed by atoms with Gasteiger partial charge in [-0.2, -0.15) is 0 Å². The van der Waals surface area contributed by atoms with Crippen molar-refractivity contribution in [2.45, 2.75) is 19.8 Å². The molecule has 94 valence electrons. The summed E-state index contributed by atoms with van der Waals surface area (Å²) in [5, 5.41) is 2.93. The second-order valence-electron chi connectivity index (χ2n) is 3.52. The minimum absolute atomic E-state index is 0.00121. The van der Waals surface area contributed by atoms with Crippen LogP contribution in [0, 0.1) is 5.82 Å². The molecule has 5 heteroatoms. The molecule has 0 aliphatic rings. The van der Waals surface area contributed by atoms with E-state index >= 15 is 0 Å². The maximum absolute atomic E-state index is 12.7. The lowest BCUT2D eigenvalue weighted by Gasteiger charge is -2.08. The fourth-order valence-corrected chi connectivity index (χ4v) is 1.48. The molecule has 0 unspecified atom stereocenters. The molecule has 1 amide bonds. The zero-order valence-electron chi connectivity index (χ0n) is 9.63. The molecule has 3 nitrogen and oxygen atoms in total. The molecule has 17 heavy (non-hydrogen) atoms. The van der Waals surface area contributed by atoms with Gasteiger partial charge in [-0.1, -0.05) is 18.5 Å². The Labute approximate surface area is 105 Å². The highest BCUT2D eigenvalue weighted by Crippen LogP contribution is 2.24. The van der Waals surface area contributed by atoms with Gasteiger partial charge in [0, 0.05) is 6.42 Å². The molecule has 1 N–H and O–H groups in total. The van der Waals surface area contributed by atoms with Gasteiger partial charge >= 0.3 is 0 Å². The largest absolute Gasteiger partial charge is 0.490 e. The summed E-state index contributed by atoms with van der Waals surface area (Å²) >= 11 is 5.77. The molecule has 1 rings (SSSR count). The number of hydrogen-bond donors (Lipinski definition) is 1. The third kappa shape index (κ3) is 5.04. The lowest BCUT2D eigenvalue weighted by atomic mass is 10.3. The Morgan fingerprint density at radius 2 is 2.29 bits per heavy atom. The van der Waals surface area contributed by atoms with Crippen LogP contribution in [0.2, 0.25) is 5.02 Å². The Hall–Kier alpha value is -1.29. The van der Waals surface area contributed by atoms with E-state index in [0.29, 0.717) is 25.3 Å². The lowest BCUT2D eigenvalue weighted by molar-refractivity contribution is -0.121. The zero-order valence-corrected chi connectivity index (χ0v) is 10.4. The molecule has 0 fully saturated rings. The Morgan fingerprint density at radius 3 is 2.94 bits per heavy atom. The molecule has 0 radical (unpaired) electrons. The summed E-state index contributed by atoms with van der Waals surface area (Å²) < 4.78 is 18.0. The predicted molar refractivity (Wildman–Crippen MR) is 64.8 cm³/mol. The fraction of sp³-hybridized carbons (Fsp3) is 0.417. The van der Waals surface area contributed by atoms with Gasteiger partial charge in [0.05, 0.1) is 11.6 Å². The van der Waals surface area contributed by atoms with Crippen molar-refractivity contribution in [2.75, 3.05) is 13.2 Å². The highest BCUT2D eigenvalue weighted by atomic mass is 35.5. The highest BCUT2D eigenvalue weighted by Gasteiger charge is 2.03. The molecule has 1 aromatic rings. The number of benzene rings is 1. The van der Waals surface area contributed by atoms with Gasteiger partial charge in [0.1, 0.15) is 18.2 Å². The number of amides is 1. The van der Waals surface area contributed by atoms with E-state index in [-0.39, 0.29) is 10.9 Å². The van der Waals surface area contributed by atoms with Crippen LogP contribution in [0.3, 0.4) is 0 Å². The summed E-state index contributed by atoms with van der Waals surface area (Å²) in [5.74, 6) is 0.0118. The average molecular weight is 260 g/mol. The van der Waals surface area contributed by atoms with Crippen molar-refractivity contribution in [2.24, 2.45) is 0 Å². The number of carbonyl (C=O) groups is 1. The number of hydrogen-bond acceptors (Lipinski definition) is 2. The number of nitrogens with one attached hydrogen (secondary N) is 1. The van der Waals surface area contributed by atoms with Crippen molar-refractivity contribution in [3.63, 3.8) is 0 Å². The smallest absolute Gasteiger partial charge is 0.220 e. The topological polar surface area (TPSA) is 38.3 Å². The fourth-order valence-electron chi connectivity index (χ4n) is 1.26. The van der Waals surface area contributed by atoms with Gasteiger partial charge < -0.3 is 10.1 Å². The van der Waals surface area contributed by atoms with Gasteiger partial charge in [-0.25, -0.2) is 4.39 Å². The molecule has 0 saturated carbocycles. The molecule has 0 heterocycles. The molecule has 0 spiro atoms. The second kappa shape index (κ2) is 7.12. The summed E-state index contributed by atoms with van der Waals surface area (Å²) in [4.78, 5) is 11.1. The molecule has 0 saturated heterocycles. The summed E-state index contributed by atoms with van der Waals surface area (Å²) in [6.45, 7) is 2.65. The summed E-state index contributed by atoms with van der Waals surface area (Å²) in [6.07, 6.45) is 1.33. The van der Waals surface area contributed by atoms with E-state index in [1.165, 1.54) is 18.2 Å². The van der Waals surface area contributed by atoms with Crippen LogP contribution in [0.25, 0.3) is 0 Å². The first kappa shape index (κ1) is 13.8. The Morgan fingerprint density at radius 1 is 1.53 bits per heavy atom. The van der Waals surface area contributed by atoms with Gasteiger partial charge in [0.2, 0.25) is 5.91 Å². The molecule has 1 aromatic carbocycles. The third-order valence-electron chi connectivity index (χ3n) is 2.05. The summed E-state index contributed by atoms with van der Waals surface area (Å²) in [5.41, 5.74) is 0. The Kier molecular flexibility index (Phi) is 5.77. The zero-order chi connectivity index (χ0) is 12.7. The predicted octanol–water partition coefficient (Wildman–Crippen LogP) is 2.77. The van der Waals surface area contributed by atoms with Crippen LogP contribution in [0.1, 0.15) is 19.8 Å². The molecule has 0 atom stereocenters. The van der Waals surface area contributed by atoms with Gasteiger partial charge in [0.25, 0.3) is 0 Å². The molecule has 0 aliphatic heterocycles. The van der Waals surface area contributed by atoms with E-state index in [4.69, 9.17) is 16.3 Å². The van der Waals surface area contributed by atoms with Crippen molar-refractivity contribution in [1.82, 2.24) is 5.32 Å². The average Bonchev–Trinajstić information content (AvgIpc) is 2.27. The van der Waals surface area contributed by atoms with Crippen LogP contribution in [-0.4, -0.2) is 19.1 Å². The standard InChI is InChI=1S/C12H15ClFNO2/c1-2-3-12(16)15-6-7-17-11-5-4-9(14)8-10(11)13/h4-5,8H,2-3,6-7H2,1H3,(H,15,16). The van der Waals surface area contributed by atoms with Crippen LogP contribution >= 0.6 is 11.6 Å². The number of halogens is 2. The maximum atomic E-state index is 12.7. The molecule has 0 aromatic heterocycles. The monoisotopic (exact) mass is 259 g/mol. The molecule has 0 aliphatic carbocycles. The van der Waals surface area contributed by atoms with Gasteiger partial charge in [-0.3, -0.25) is 4.79 Å². The van der Waals surface area contributed by atoms with Gasteiger partial charge in [-0.05, 0) is 24.6 Å². The molecular formula is C12H15ClFNO2. The number of ether oxygens (including phenoxy) is 1. The van der Waals surface area contributed by atoms with Crippen molar-refractivity contribution < 1.29 is 13.9 Å². The summed E-state index contributed by atoms with van der Waals surface area (Å²) in [7, 11) is 0. The normalized spacial score (nSPS) is 10.1. The summed E-state index contributed by atoms with van der Waals surface area (Å²) in [6, 6.07) is 3.93. The quantitative estimate of drug-likeness (QED) is 0.798. The van der Waals surface area contributed by atoms with E-state index in [1.807, 2.05) is 6.92 Å². The number of rotatable bonds is 6. The Bertz CT molecular complexity index is 385. The van der Waals surface area contributed by atoms with Crippen LogP contribution < -0.4 is 10.1 Å². The molecule has 0 bridgehead atoms. The van der Waals surface area contributed by atoms with Crippen molar-refractivity contribution in [3.05, 3.63) is 29.0 Å². The number of carbonyl (C=O) groups excluding carboxylic acids is 1. The Balaban J connectivity index is 2.29. The van der Waals surface area contributed by atoms with E-state index in [9.17, 15) is 9.18 Å². The maximum Gasteiger partial charge on any atom is 0.220 e. The lowest BCUT2D eigenvalue weighted by Crippen LogP contribution is -2.27.